The summed E-state index contributed by atoms with van der Waals surface area (Å²) in [6, 6.07) is 10.2. The molecule has 0 saturated carbocycles. The molecule has 0 aliphatic carbocycles. The highest BCUT2D eigenvalue weighted by atomic mass is 32.2. The van der Waals surface area contributed by atoms with Crippen molar-refractivity contribution in [2.45, 2.75) is 51.7 Å². The number of nitrogens with one attached hydrogen (secondary N) is 1. The molecule has 2 aromatic rings. The van der Waals surface area contributed by atoms with Crippen LogP contribution in [0.25, 0.3) is 0 Å². The summed E-state index contributed by atoms with van der Waals surface area (Å²) < 4.78 is 33.3. The first-order chi connectivity index (χ1) is 13.6. The molecule has 0 radical (unpaired) electrons. The van der Waals surface area contributed by atoms with Crippen LogP contribution in [0.5, 0.6) is 0 Å². The molecular weight excluding hydrogens is 388 g/mol. The van der Waals surface area contributed by atoms with Gasteiger partial charge >= 0.3 is 0 Å². The van der Waals surface area contributed by atoms with E-state index in [1.807, 2.05) is 46.8 Å². The Balaban J connectivity index is 1.87. The van der Waals surface area contributed by atoms with E-state index in [9.17, 15) is 13.2 Å². The standard InChI is InChI=1S/C22H28N2O4S/c1-14-9-15(2)21(16(3)10-14)23-22(25)19-7-6-8-20(11-19)29(26,27)24-12-17(4)28-18(5)13-24/h6-11,17-18H,12-13H2,1-5H3,(H,23,25)/t17-,18+. The number of aryl methyl sites for hydroxylation is 3. The quantitative estimate of drug-likeness (QED) is 0.825. The van der Waals surface area contributed by atoms with Crippen molar-refractivity contribution in [2.24, 2.45) is 0 Å². The summed E-state index contributed by atoms with van der Waals surface area (Å²) in [5, 5.41) is 2.93. The first-order valence-electron chi connectivity index (χ1n) is 9.73. The minimum atomic E-state index is -3.71. The van der Waals surface area contributed by atoms with E-state index in [1.54, 1.807) is 12.1 Å². The monoisotopic (exact) mass is 416 g/mol. The number of carbonyl (C=O) groups excluding carboxylic acids is 1. The smallest absolute Gasteiger partial charge is 0.255 e. The van der Waals surface area contributed by atoms with E-state index in [1.165, 1.54) is 16.4 Å². The molecule has 1 heterocycles. The number of amides is 1. The molecule has 1 N–H and O–H groups in total. The van der Waals surface area contributed by atoms with E-state index < -0.39 is 10.0 Å². The number of benzene rings is 2. The maximum atomic E-state index is 13.1. The SMILES string of the molecule is Cc1cc(C)c(NC(=O)c2cccc(S(=O)(=O)N3C[C@@H](C)O[C@@H](C)C3)c2)c(C)c1. The molecule has 1 amide bonds. The fourth-order valence-electron chi connectivity index (χ4n) is 3.84. The number of carbonyl (C=O) groups is 1. The molecule has 3 rings (SSSR count). The van der Waals surface area contributed by atoms with Gasteiger partial charge in [0.15, 0.2) is 0 Å². The van der Waals surface area contributed by atoms with Gasteiger partial charge in [0.1, 0.15) is 0 Å². The van der Waals surface area contributed by atoms with E-state index in [4.69, 9.17) is 4.74 Å². The Bertz CT molecular complexity index is 1000. The van der Waals surface area contributed by atoms with Crippen LogP contribution in [-0.2, 0) is 14.8 Å². The van der Waals surface area contributed by atoms with Crippen molar-refractivity contribution in [3.63, 3.8) is 0 Å². The Morgan fingerprint density at radius 3 is 2.21 bits per heavy atom. The highest BCUT2D eigenvalue weighted by Crippen LogP contribution is 2.25. The van der Waals surface area contributed by atoms with Gasteiger partial charge in [0.05, 0.1) is 17.1 Å². The third-order valence-corrected chi connectivity index (χ3v) is 6.86. The number of rotatable bonds is 4. The Labute approximate surface area is 172 Å². The zero-order valence-electron chi connectivity index (χ0n) is 17.5. The number of ether oxygens (including phenoxy) is 1. The Hall–Kier alpha value is -2.22. The Morgan fingerprint density at radius 2 is 1.62 bits per heavy atom. The van der Waals surface area contributed by atoms with E-state index in [0.29, 0.717) is 18.7 Å². The fourth-order valence-corrected chi connectivity index (χ4v) is 5.47. The van der Waals surface area contributed by atoms with Crippen LogP contribution < -0.4 is 5.32 Å². The van der Waals surface area contributed by atoms with Crippen molar-refractivity contribution < 1.29 is 17.9 Å². The van der Waals surface area contributed by atoms with Crippen molar-refractivity contribution in [3.05, 3.63) is 58.7 Å². The van der Waals surface area contributed by atoms with Crippen LogP contribution >= 0.6 is 0 Å². The number of morpholine rings is 1. The van der Waals surface area contributed by atoms with Crippen LogP contribution in [-0.4, -0.2) is 43.9 Å². The van der Waals surface area contributed by atoms with Crippen LogP contribution in [0, 0.1) is 20.8 Å². The Morgan fingerprint density at radius 1 is 1.03 bits per heavy atom. The number of hydrogen-bond donors (Lipinski definition) is 1. The lowest BCUT2D eigenvalue weighted by atomic mass is 10.0. The number of hydrogen-bond acceptors (Lipinski definition) is 4. The molecule has 156 valence electrons. The largest absolute Gasteiger partial charge is 0.373 e. The minimum absolute atomic E-state index is 0.115. The average molecular weight is 417 g/mol. The topological polar surface area (TPSA) is 75.7 Å². The lowest BCUT2D eigenvalue weighted by molar-refractivity contribution is -0.0440. The van der Waals surface area contributed by atoms with Gasteiger partial charge in [-0.15, -0.1) is 0 Å². The second-order valence-electron chi connectivity index (χ2n) is 7.84. The molecule has 0 unspecified atom stereocenters. The molecule has 1 aliphatic heterocycles. The third-order valence-electron chi connectivity index (χ3n) is 5.04. The summed E-state index contributed by atoms with van der Waals surface area (Å²) in [6.45, 7) is 10.2. The first kappa shape index (κ1) is 21.5. The molecule has 7 heteroatoms. The molecule has 0 spiro atoms. The summed E-state index contributed by atoms with van der Waals surface area (Å²) >= 11 is 0. The molecule has 29 heavy (non-hydrogen) atoms. The van der Waals surface area contributed by atoms with Crippen LogP contribution in [0.3, 0.4) is 0 Å². The molecule has 1 fully saturated rings. The fraction of sp³-hybridized carbons (Fsp3) is 0.409. The van der Waals surface area contributed by atoms with Crippen LogP contribution in [0.4, 0.5) is 5.69 Å². The second kappa shape index (κ2) is 8.26. The summed E-state index contributed by atoms with van der Waals surface area (Å²) in [6.07, 6.45) is -0.347. The van der Waals surface area contributed by atoms with Gasteiger partial charge in [0, 0.05) is 24.3 Å². The van der Waals surface area contributed by atoms with Gasteiger partial charge in [-0.1, -0.05) is 23.8 Å². The molecule has 1 saturated heterocycles. The lowest BCUT2D eigenvalue weighted by Gasteiger charge is -2.34. The maximum absolute atomic E-state index is 13.1. The molecule has 2 aromatic carbocycles. The zero-order valence-corrected chi connectivity index (χ0v) is 18.3. The van der Waals surface area contributed by atoms with Crippen LogP contribution in [0.2, 0.25) is 0 Å². The van der Waals surface area contributed by atoms with Gasteiger partial charge < -0.3 is 10.1 Å². The summed E-state index contributed by atoms with van der Waals surface area (Å²) in [7, 11) is -3.71. The van der Waals surface area contributed by atoms with Gasteiger partial charge in [0.2, 0.25) is 10.0 Å². The second-order valence-corrected chi connectivity index (χ2v) is 9.77. The molecule has 2 atom stereocenters. The number of nitrogens with zero attached hydrogens (tertiary/aromatic N) is 1. The van der Waals surface area contributed by atoms with Gasteiger partial charge in [-0.25, -0.2) is 8.42 Å². The zero-order chi connectivity index (χ0) is 21.3. The molecule has 1 aliphatic rings. The van der Waals surface area contributed by atoms with Crippen molar-refractivity contribution in [1.82, 2.24) is 4.31 Å². The maximum Gasteiger partial charge on any atom is 0.255 e. The lowest BCUT2D eigenvalue weighted by Crippen LogP contribution is -2.48. The molecule has 6 nitrogen and oxygen atoms in total. The normalized spacial score (nSPS) is 20.4. The first-order valence-corrected chi connectivity index (χ1v) is 11.2. The predicted octanol–water partition coefficient (Wildman–Crippen LogP) is 3.66. The third kappa shape index (κ3) is 4.69. The van der Waals surface area contributed by atoms with E-state index in [2.05, 4.69) is 5.32 Å². The Kier molecular flexibility index (Phi) is 6.12. The van der Waals surface area contributed by atoms with Gasteiger partial charge in [-0.2, -0.15) is 4.31 Å². The van der Waals surface area contributed by atoms with Crippen molar-refractivity contribution >= 4 is 21.6 Å². The number of anilines is 1. The van der Waals surface area contributed by atoms with Crippen molar-refractivity contribution in [1.29, 1.82) is 0 Å². The average Bonchev–Trinajstić information content (AvgIpc) is 2.63. The summed E-state index contributed by atoms with van der Waals surface area (Å²) in [5.74, 6) is -0.333. The highest BCUT2D eigenvalue weighted by molar-refractivity contribution is 7.89. The molecule has 0 bridgehead atoms. The predicted molar refractivity (Wildman–Crippen MR) is 114 cm³/mol. The molecule has 0 aromatic heterocycles. The van der Waals surface area contributed by atoms with Crippen molar-refractivity contribution in [2.75, 3.05) is 18.4 Å². The molecular formula is C22H28N2O4S. The van der Waals surface area contributed by atoms with E-state index in [0.717, 1.165) is 22.4 Å². The van der Waals surface area contributed by atoms with Gasteiger partial charge in [0.25, 0.3) is 5.91 Å². The minimum Gasteiger partial charge on any atom is -0.373 e. The summed E-state index contributed by atoms with van der Waals surface area (Å²) in [4.78, 5) is 12.9. The van der Waals surface area contributed by atoms with E-state index in [-0.39, 0.29) is 23.0 Å². The van der Waals surface area contributed by atoms with Crippen LogP contribution in [0.15, 0.2) is 41.3 Å². The summed E-state index contributed by atoms with van der Waals surface area (Å²) in [5.41, 5.74) is 4.12. The van der Waals surface area contributed by atoms with E-state index >= 15 is 0 Å². The highest BCUT2D eigenvalue weighted by Gasteiger charge is 2.32. The number of sulfonamides is 1. The van der Waals surface area contributed by atoms with Crippen LogP contribution in [0.1, 0.15) is 40.9 Å². The van der Waals surface area contributed by atoms with Gasteiger partial charge in [-0.3, -0.25) is 4.79 Å². The van der Waals surface area contributed by atoms with Crippen molar-refractivity contribution in [3.8, 4) is 0 Å². The van der Waals surface area contributed by atoms with Gasteiger partial charge in [-0.05, 0) is 63.9 Å².